The van der Waals surface area contributed by atoms with Gasteiger partial charge in [-0.05, 0) is 50.2 Å². The first-order valence-corrected chi connectivity index (χ1v) is 9.99. The molecule has 32 heavy (non-hydrogen) atoms. The predicted molar refractivity (Wildman–Crippen MR) is 117 cm³/mol. The highest BCUT2D eigenvalue weighted by Crippen LogP contribution is 2.38. The first-order chi connectivity index (χ1) is 15.4. The zero-order valence-electron chi connectivity index (χ0n) is 19.0. The normalized spacial score (nSPS) is 10.7. The number of hydrogen-bond acceptors (Lipinski definition) is 8. The Bertz CT molecular complexity index is 1040. The van der Waals surface area contributed by atoms with Gasteiger partial charge in [-0.2, -0.15) is 4.98 Å². The van der Waals surface area contributed by atoms with Crippen LogP contribution in [0.4, 0.5) is 0 Å². The van der Waals surface area contributed by atoms with Crippen molar-refractivity contribution >= 4 is 5.91 Å². The van der Waals surface area contributed by atoms with Crippen LogP contribution in [0.15, 0.2) is 40.9 Å². The maximum Gasteiger partial charge on any atom is 0.254 e. The fourth-order valence-electron chi connectivity index (χ4n) is 3.18. The highest BCUT2D eigenvalue weighted by molar-refractivity contribution is 5.95. The first-order valence-electron chi connectivity index (χ1n) is 9.99. The van der Waals surface area contributed by atoms with Crippen molar-refractivity contribution in [2.75, 3.05) is 28.4 Å². The van der Waals surface area contributed by atoms with Crippen LogP contribution in [0.25, 0.3) is 11.4 Å². The number of rotatable bonds is 9. The van der Waals surface area contributed by atoms with Gasteiger partial charge in [-0.3, -0.25) is 4.79 Å². The molecule has 1 amide bonds. The minimum absolute atomic E-state index is 0.127. The van der Waals surface area contributed by atoms with Crippen molar-refractivity contribution in [3.63, 3.8) is 0 Å². The van der Waals surface area contributed by atoms with Gasteiger partial charge in [-0.15, -0.1) is 0 Å². The van der Waals surface area contributed by atoms with E-state index in [4.69, 9.17) is 23.5 Å². The van der Waals surface area contributed by atoms with Gasteiger partial charge in [0, 0.05) is 17.2 Å². The highest BCUT2D eigenvalue weighted by atomic mass is 16.5. The minimum Gasteiger partial charge on any atom is -0.497 e. The van der Waals surface area contributed by atoms with Crippen molar-refractivity contribution in [3.05, 3.63) is 47.9 Å². The zero-order chi connectivity index (χ0) is 23.3. The van der Waals surface area contributed by atoms with Gasteiger partial charge in [0.15, 0.2) is 11.5 Å². The Morgan fingerprint density at radius 3 is 2.09 bits per heavy atom. The van der Waals surface area contributed by atoms with Crippen molar-refractivity contribution in [2.45, 2.75) is 26.4 Å². The van der Waals surface area contributed by atoms with Gasteiger partial charge in [-0.1, -0.05) is 5.16 Å². The first kappa shape index (κ1) is 22.9. The van der Waals surface area contributed by atoms with Crippen LogP contribution in [0, 0.1) is 0 Å². The average Bonchev–Trinajstić information content (AvgIpc) is 3.29. The number of nitrogens with zero attached hydrogens (tertiary/aromatic N) is 3. The number of aromatic nitrogens is 2. The SMILES string of the molecule is COc1ccc(-c2noc(CN(C(=O)c3cc(OC)c(OC)c(OC)c3)C(C)C)n2)cc1. The van der Waals surface area contributed by atoms with E-state index in [0.29, 0.717) is 34.5 Å². The molecular weight excluding hydrogens is 414 g/mol. The van der Waals surface area contributed by atoms with Gasteiger partial charge in [-0.25, -0.2) is 0 Å². The Hall–Kier alpha value is -3.75. The van der Waals surface area contributed by atoms with Crippen LogP contribution in [0.3, 0.4) is 0 Å². The third-order valence-electron chi connectivity index (χ3n) is 4.92. The number of hydrogen-bond donors (Lipinski definition) is 0. The molecule has 170 valence electrons. The molecule has 0 aliphatic carbocycles. The van der Waals surface area contributed by atoms with E-state index >= 15 is 0 Å². The van der Waals surface area contributed by atoms with Crippen LogP contribution < -0.4 is 18.9 Å². The van der Waals surface area contributed by atoms with E-state index in [9.17, 15) is 4.79 Å². The van der Waals surface area contributed by atoms with Gasteiger partial charge in [0.05, 0.1) is 28.4 Å². The van der Waals surface area contributed by atoms with Crippen LogP contribution in [-0.4, -0.2) is 55.4 Å². The van der Waals surface area contributed by atoms with E-state index < -0.39 is 0 Å². The second-order valence-corrected chi connectivity index (χ2v) is 7.18. The Morgan fingerprint density at radius 1 is 0.969 bits per heavy atom. The van der Waals surface area contributed by atoms with Crippen LogP contribution in [0.5, 0.6) is 23.0 Å². The Morgan fingerprint density at radius 2 is 1.59 bits per heavy atom. The molecule has 1 heterocycles. The Kier molecular flexibility index (Phi) is 7.19. The zero-order valence-corrected chi connectivity index (χ0v) is 19.0. The molecule has 0 unspecified atom stereocenters. The quantitative estimate of drug-likeness (QED) is 0.494. The molecule has 0 atom stereocenters. The van der Waals surface area contributed by atoms with E-state index in [2.05, 4.69) is 10.1 Å². The number of carbonyl (C=O) groups excluding carboxylic acids is 1. The van der Waals surface area contributed by atoms with Crippen LogP contribution in [0.1, 0.15) is 30.1 Å². The summed E-state index contributed by atoms with van der Waals surface area (Å²) < 4.78 is 26.7. The predicted octanol–water partition coefficient (Wildman–Crippen LogP) is 3.82. The summed E-state index contributed by atoms with van der Waals surface area (Å²) in [4.78, 5) is 19.4. The van der Waals surface area contributed by atoms with Gasteiger partial charge >= 0.3 is 0 Å². The summed E-state index contributed by atoms with van der Waals surface area (Å²) >= 11 is 0. The molecule has 0 radical (unpaired) electrons. The van der Waals surface area contributed by atoms with E-state index in [-0.39, 0.29) is 18.5 Å². The van der Waals surface area contributed by atoms with E-state index in [1.54, 1.807) is 24.1 Å². The average molecular weight is 441 g/mol. The number of amides is 1. The van der Waals surface area contributed by atoms with Crippen LogP contribution in [-0.2, 0) is 6.54 Å². The molecule has 1 aromatic heterocycles. The standard InChI is InChI=1S/C23H27N3O6/c1-14(2)26(23(27)16-11-18(29-4)21(31-6)19(12-16)30-5)13-20-24-22(25-32-20)15-7-9-17(28-3)10-8-15/h7-12,14H,13H2,1-6H3. The summed E-state index contributed by atoms with van der Waals surface area (Å²) in [7, 11) is 6.13. The van der Waals surface area contributed by atoms with Crippen LogP contribution >= 0.6 is 0 Å². The minimum atomic E-state index is -0.233. The van der Waals surface area contributed by atoms with Crippen molar-refractivity contribution in [2.24, 2.45) is 0 Å². The van der Waals surface area contributed by atoms with Gasteiger partial charge in [0.1, 0.15) is 12.3 Å². The molecular formula is C23H27N3O6. The summed E-state index contributed by atoms with van der Waals surface area (Å²) in [5.74, 6) is 2.49. The topological polar surface area (TPSA) is 96.2 Å². The molecule has 0 aliphatic heterocycles. The van der Waals surface area contributed by atoms with Crippen molar-refractivity contribution in [1.82, 2.24) is 15.0 Å². The molecule has 0 fully saturated rings. The summed E-state index contributed by atoms with van der Waals surface area (Å²) in [6, 6.07) is 10.4. The van der Waals surface area contributed by atoms with E-state index in [1.807, 2.05) is 38.1 Å². The molecule has 0 saturated carbocycles. The lowest BCUT2D eigenvalue weighted by atomic mass is 10.1. The third kappa shape index (κ3) is 4.77. The van der Waals surface area contributed by atoms with Gasteiger partial charge < -0.3 is 28.4 Å². The molecule has 2 aromatic carbocycles. The lowest BCUT2D eigenvalue weighted by Crippen LogP contribution is -2.36. The van der Waals surface area contributed by atoms with Gasteiger partial charge in [0.25, 0.3) is 5.91 Å². The van der Waals surface area contributed by atoms with Crippen molar-refractivity contribution in [1.29, 1.82) is 0 Å². The number of ether oxygens (including phenoxy) is 4. The molecule has 3 rings (SSSR count). The van der Waals surface area contributed by atoms with Gasteiger partial charge in [0.2, 0.25) is 17.5 Å². The maximum absolute atomic E-state index is 13.3. The summed E-state index contributed by atoms with van der Waals surface area (Å²) in [5, 5.41) is 4.04. The second kappa shape index (κ2) is 10.0. The second-order valence-electron chi connectivity index (χ2n) is 7.18. The molecule has 9 nitrogen and oxygen atoms in total. The Balaban J connectivity index is 1.86. The molecule has 0 spiro atoms. The number of methoxy groups -OCH3 is 4. The summed E-state index contributed by atoms with van der Waals surface area (Å²) in [6.07, 6.45) is 0. The molecule has 0 aliphatic rings. The third-order valence-corrected chi connectivity index (χ3v) is 4.92. The summed E-state index contributed by atoms with van der Waals surface area (Å²) in [6.45, 7) is 3.98. The fourth-order valence-corrected chi connectivity index (χ4v) is 3.18. The molecule has 0 bridgehead atoms. The van der Waals surface area contributed by atoms with E-state index in [1.165, 1.54) is 21.3 Å². The van der Waals surface area contributed by atoms with Crippen molar-refractivity contribution in [3.8, 4) is 34.4 Å². The number of benzene rings is 2. The van der Waals surface area contributed by atoms with Crippen LogP contribution in [0.2, 0.25) is 0 Å². The number of carbonyl (C=O) groups is 1. The molecule has 0 saturated heterocycles. The summed E-state index contributed by atoms with van der Waals surface area (Å²) in [5.41, 5.74) is 1.18. The monoisotopic (exact) mass is 441 g/mol. The van der Waals surface area contributed by atoms with Crippen molar-refractivity contribution < 1.29 is 28.3 Å². The maximum atomic E-state index is 13.3. The molecule has 9 heteroatoms. The largest absolute Gasteiger partial charge is 0.497 e. The lowest BCUT2D eigenvalue weighted by Gasteiger charge is -2.26. The lowest BCUT2D eigenvalue weighted by molar-refractivity contribution is 0.0666. The highest BCUT2D eigenvalue weighted by Gasteiger charge is 2.25. The molecule has 3 aromatic rings. The molecule has 0 N–H and O–H groups in total. The fraction of sp³-hybridized carbons (Fsp3) is 0.348. The smallest absolute Gasteiger partial charge is 0.254 e. The van der Waals surface area contributed by atoms with E-state index in [0.717, 1.165) is 11.3 Å². The Labute approximate surface area is 186 Å².